The van der Waals surface area contributed by atoms with E-state index in [0.717, 1.165) is 54.1 Å². The van der Waals surface area contributed by atoms with Gasteiger partial charge in [0.25, 0.3) is 5.91 Å². The standard InChI is InChI=1S/C16H23IN2O/c1-3-18-11-13-6-8-19(9-7-13)16(20)14-5-4-12(2)15(17)10-14/h4-5,10,13,18H,3,6-9,11H2,1-2H3. The maximum atomic E-state index is 12.5. The second kappa shape index (κ2) is 7.41. The summed E-state index contributed by atoms with van der Waals surface area (Å²) in [6.07, 6.45) is 2.23. The Balaban J connectivity index is 1.92. The number of carbonyl (C=O) groups is 1. The summed E-state index contributed by atoms with van der Waals surface area (Å²) in [5.41, 5.74) is 2.05. The van der Waals surface area contributed by atoms with Crippen molar-refractivity contribution in [3.63, 3.8) is 0 Å². The lowest BCUT2D eigenvalue weighted by Crippen LogP contribution is -2.40. The lowest BCUT2D eigenvalue weighted by atomic mass is 9.96. The maximum Gasteiger partial charge on any atom is 0.253 e. The number of halogens is 1. The number of aryl methyl sites for hydroxylation is 1. The molecule has 1 amide bonds. The van der Waals surface area contributed by atoms with Crippen LogP contribution in [0.4, 0.5) is 0 Å². The van der Waals surface area contributed by atoms with Crippen molar-refractivity contribution in [1.82, 2.24) is 10.2 Å². The van der Waals surface area contributed by atoms with Crippen molar-refractivity contribution in [2.45, 2.75) is 26.7 Å². The van der Waals surface area contributed by atoms with Gasteiger partial charge in [0.15, 0.2) is 0 Å². The van der Waals surface area contributed by atoms with Crippen molar-refractivity contribution in [3.8, 4) is 0 Å². The third-order valence-corrected chi connectivity index (χ3v) is 5.17. The fourth-order valence-corrected chi connectivity index (χ4v) is 3.11. The minimum absolute atomic E-state index is 0.185. The predicted molar refractivity (Wildman–Crippen MR) is 91.1 cm³/mol. The fourth-order valence-electron chi connectivity index (χ4n) is 2.60. The Kier molecular flexibility index (Phi) is 5.84. The maximum absolute atomic E-state index is 12.5. The zero-order chi connectivity index (χ0) is 14.5. The monoisotopic (exact) mass is 386 g/mol. The zero-order valence-electron chi connectivity index (χ0n) is 12.3. The van der Waals surface area contributed by atoms with Crippen molar-refractivity contribution < 1.29 is 4.79 Å². The molecule has 0 atom stereocenters. The van der Waals surface area contributed by atoms with Crippen LogP contribution >= 0.6 is 22.6 Å². The fraction of sp³-hybridized carbons (Fsp3) is 0.562. The number of piperidine rings is 1. The van der Waals surface area contributed by atoms with Crippen LogP contribution in [0.3, 0.4) is 0 Å². The molecule has 3 nitrogen and oxygen atoms in total. The average Bonchev–Trinajstić information content (AvgIpc) is 2.48. The molecule has 20 heavy (non-hydrogen) atoms. The Hall–Kier alpha value is -0.620. The quantitative estimate of drug-likeness (QED) is 0.807. The van der Waals surface area contributed by atoms with Gasteiger partial charge in [0.1, 0.15) is 0 Å². The van der Waals surface area contributed by atoms with Gasteiger partial charge in [-0.1, -0.05) is 13.0 Å². The van der Waals surface area contributed by atoms with Gasteiger partial charge in [-0.2, -0.15) is 0 Å². The molecular formula is C16H23IN2O. The van der Waals surface area contributed by atoms with Gasteiger partial charge in [0.05, 0.1) is 0 Å². The van der Waals surface area contributed by atoms with Crippen LogP contribution in [0.15, 0.2) is 18.2 Å². The molecule has 1 aromatic carbocycles. The first-order valence-corrected chi connectivity index (χ1v) is 8.45. The third kappa shape index (κ3) is 3.95. The highest BCUT2D eigenvalue weighted by Gasteiger charge is 2.23. The Morgan fingerprint density at radius 3 is 2.70 bits per heavy atom. The molecule has 0 aliphatic carbocycles. The van der Waals surface area contributed by atoms with E-state index in [0.29, 0.717) is 0 Å². The highest BCUT2D eigenvalue weighted by Crippen LogP contribution is 2.20. The number of nitrogens with one attached hydrogen (secondary N) is 1. The summed E-state index contributed by atoms with van der Waals surface area (Å²) < 4.78 is 1.16. The Morgan fingerprint density at radius 2 is 2.10 bits per heavy atom. The smallest absolute Gasteiger partial charge is 0.253 e. The first-order valence-electron chi connectivity index (χ1n) is 7.38. The number of hydrogen-bond donors (Lipinski definition) is 1. The topological polar surface area (TPSA) is 32.3 Å². The number of benzene rings is 1. The average molecular weight is 386 g/mol. The molecular weight excluding hydrogens is 363 g/mol. The molecule has 1 fully saturated rings. The van der Waals surface area contributed by atoms with Crippen LogP contribution in [0.1, 0.15) is 35.7 Å². The van der Waals surface area contributed by atoms with E-state index in [2.05, 4.69) is 41.8 Å². The second-order valence-electron chi connectivity index (χ2n) is 5.51. The Morgan fingerprint density at radius 1 is 1.40 bits per heavy atom. The van der Waals surface area contributed by atoms with Crippen LogP contribution in [0.2, 0.25) is 0 Å². The molecule has 1 saturated heterocycles. The van der Waals surface area contributed by atoms with Gasteiger partial charge in [-0.05, 0) is 79.1 Å². The molecule has 1 N–H and O–H groups in total. The number of likely N-dealkylation sites (tertiary alicyclic amines) is 1. The van der Waals surface area contributed by atoms with Gasteiger partial charge in [0, 0.05) is 22.2 Å². The van der Waals surface area contributed by atoms with E-state index in [4.69, 9.17) is 0 Å². The molecule has 0 spiro atoms. The molecule has 1 aromatic rings. The van der Waals surface area contributed by atoms with E-state index in [9.17, 15) is 4.79 Å². The van der Waals surface area contributed by atoms with Gasteiger partial charge >= 0.3 is 0 Å². The van der Waals surface area contributed by atoms with Crippen molar-refractivity contribution >= 4 is 28.5 Å². The Bertz CT molecular complexity index is 468. The minimum atomic E-state index is 0.185. The molecule has 0 aromatic heterocycles. The zero-order valence-corrected chi connectivity index (χ0v) is 14.4. The summed E-state index contributed by atoms with van der Waals surface area (Å²) in [6.45, 7) is 8.10. The molecule has 0 unspecified atom stereocenters. The predicted octanol–water partition coefficient (Wildman–Crippen LogP) is 3.06. The summed E-state index contributed by atoms with van der Waals surface area (Å²) in [6, 6.07) is 5.99. The van der Waals surface area contributed by atoms with Crippen LogP contribution in [-0.2, 0) is 0 Å². The van der Waals surface area contributed by atoms with Crippen molar-refractivity contribution in [2.75, 3.05) is 26.2 Å². The van der Waals surface area contributed by atoms with Crippen LogP contribution in [0, 0.1) is 16.4 Å². The Labute approximate surface area is 135 Å². The van der Waals surface area contributed by atoms with Crippen molar-refractivity contribution in [3.05, 3.63) is 32.9 Å². The number of carbonyl (C=O) groups excluding carboxylic acids is 1. The first kappa shape index (κ1) is 15.8. The SMILES string of the molecule is CCNCC1CCN(C(=O)c2ccc(C)c(I)c2)CC1. The highest BCUT2D eigenvalue weighted by atomic mass is 127. The number of nitrogens with zero attached hydrogens (tertiary/aromatic N) is 1. The largest absolute Gasteiger partial charge is 0.339 e. The summed E-state index contributed by atoms with van der Waals surface area (Å²) in [5, 5.41) is 3.40. The number of hydrogen-bond acceptors (Lipinski definition) is 2. The highest BCUT2D eigenvalue weighted by molar-refractivity contribution is 14.1. The molecule has 0 saturated carbocycles. The third-order valence-electron chi connectivity index (χ3n) is 4.00. The molecule has 1 aliphatic rings. The molecule has 1 heterocycles. The summed E-state index contributed by atoms with van der Waals surface area (Å²) in [7, 11) is 0. The van der Waals surface area contributed by atoms with E-state index in [1.54, 1.807) is 0 Å². The molecule has 1 aliphatic heterocycles. The molecule has 2 rings (SSSR count). The molecule has 4 heteroatoms. The van der Waals surface area contributed by atoms with Crippen molar-refractivity contribution in [1.29, 1.82) is 0 Å². The van der Waals surface area contributed by atoms with E-state index >= 15 is 0 Å². The van der Waals surface area contributed by atoms with Gasteiger partial charge in [-0.25, -0.2) is 0 Å². The van der Waals surface area contributed by atoms with Gasteiger partial charge < -0.3 is 10.2 Å². The van der Waals surface area contributed by atoms with E-state index in [1.165, 1.54) is 5.56 Å². The van der Waals surface area contributed by atoms with Crippen LogP contribution in [0.5, 0.6) is 0 Å². The summed E-state index contributed by atoms with van der Waals surface area (Å²) in [4.78, 5) is 14.5. The second-order valence-corrected chi connectivity index (χ2v) is 6.67. The van der Waals surface area contributed by atoms with E-state index < -0.39 is 0 Å². The molecule has 0 radical (unpaired) electrons. The minimum Gasteiger partial charge on any atom is -0.339 e. The van der Waals surface area contributed by atoms with Crippen LogP contribution < -0.4 is 5.32 Å². The van der Waals surface area contributed by atoms with E-state index in [-0.39, 0.29) is 5.91 Å². The first-order chi connectivity index (χ1) is 9.61. The molecule has 110 valence electrons. The lowest BCUT2D eigenvalue weighted by Gasteiger charge is -2.32. The number of amides is 1. The van der Waals surface area contributed by atoms with Gasteiger partial charge in [0.2, 0.25) is 0 Å². The lowest BCUT2D eigenvalue weighted by molar-refractivity contribution is 0.0690. The summed E-state index contributed by atoms with van der Waals surface area (Å²) in [5.74, 6) is 0.905. The van der Waals surface area contributed by atoms with Crippen LogP contribution in [0.25, 0.3) is 0 Å². The van der Waals surface area contributed by atoms with Crippen LogP contribution in [-0.4, -0.2) is 37.0 Å². The number of rotatable bonds is 4. The molecule has 0 bridgehead atoms. The van der Waals surface area contributed by atoms with E-state index in [1.807, 2.05) is 23.1 Å². The normalized spacial score (nSPS) is 16.4. The van der Waals surface area contributed by atoms with Crippen molar-refractivity contribution in [2.24, 2.45) is 5.92 Å². The van der Waals surface area contributed by atoms with Gasteiger partial charge in [-0.3, -0.25) is 4.79 Å². The van der Waals surface area contributed by atoms with Gasteiger partial charge in [-0.15, -0.1) is 0 Å². The summed E-state index contributed by atoms with van der Waals surface area (Å²) >= 11 is 2.29.